The highest BCUT2D eigenvalue weighted by Gasteiger charge is 2.16. The van der Waals surface area contributed by atoms with E-state index in [0.29, 0.717) is 0 Å². The Bertz CT molecular complexity index is 426. The Morgan fingerprint density at radius 3 is 2.93 bits per heavy atom. The summed E-state index contributed by atoms with van der Waals surface area (Å²) in [6.45, 7) is 1.93. The third-order valence-corrected chi connectivity index (χ3v) is 3.64. The highest BCUT2D eigenvalue weighted by atomic mass is 32.2. The Hall–Kier alpha value is -0.990. The van der Waals surface area contributed by atoms with Crippen LogP contribution in [-0.2, 0) is 10.0 Å². The molecule has 0 saturated heterocycles. The Kier molecular flexibility index (Phi) is 3.77. The van der Waals surface area contributed by atoms with Crippen LogP contribution in [0.4, 0.5) is 0 Å². The molecule has 84 valence electrons. The molecule has 1 aromatic rings. The number of rotatable bonds is 5. The first kappa shape index (κ1) is 12.1. The number of hydrogen-bond acceptors (Lipinski definition) is 4. The van der Waals surface area contributed by atoms with Crippen LogP contribution in [0.15, 0.2) is 17.3 Å². The lowest BCUT2D eigenvalue weighted by Crippen LogP contribution is -2.33. The lowest BCUT2D eigenvalue weighted by atomic mass is 10.2. The van der Waals surface area contributed by atoms with Crippen molar-refractivity contribution >= 4 is 27.2 Å². The van der Waals surface area contributed by atoms with Crippen molar-refractivity contribution in [3.63, 3.8) is 0 Å². The molecule has 15 heavy (non-hydrogen) atoms. The topological polar surface area (TPSA) is 101 Å². The number of H-pyrrole nitrogens is 1. The summed E-state index contributed by atoms with van der Waals surface area (Å²) in [5, 5.41) is 5.98. The third-order valence-electron chi connectivity index (χ3n) is 1.85. The quantitative estimate of drug-likeness (QED) is 0.616. The van der Waals surface area contributed by atoms with Crippen LogP contribution in [0, 0.1) is 5.92 Å². The van der Waals surface area contributed by atoms with Gasteiger partial charge in [0.05, 0.1) is 11.2 Å². The summed E-state index contributed by atoms with van der Waals surface area (Å²) in [6.07, 6.45) is 2.53. The zero-order chi connectivity index (χ0) is 11.5. The van der Waals surface area contributed by atoms with E-state index in [1.807, 2.05) is 0 Å². The minimum absolute atomic E-state index is 0.0950. The minimum Gasteiger partial charge on any atom is -0.393 e. The summed E-state index contributed by atoms with van der Waals surface area (Å²) < 4.78 is 25.5. The normalized spacial score (nSPS) is 13.7. The van der Waals surface area contributed by atoms with Crippen molar-refractivity contribution in [2.45, 2.75) is 11.8 Å². The molecule has 0 aliphatic rings. The van der Waals surface area contributed by atoms with Gasteiger partial charge in [0, 0.05) is 18.7 Å². The molecule has 4 N–H and O–H groups in total. The smallest absolute Gasteiger partial charge is 0.243 e. The monoisotopic (exact) mass is 248 g/mol. The highest BCUT2D eigenvalue weighted by Crippen LogP contribution is 2.05. The Morgan fingerprint density at radius 2 is 2.47 bits per heavy atom. The second-order valence-corrected chi connectivity index (χ2v) is 5.33. The first-order valence-electron chi connectivity index (χ1n) is 4.21. The molecular formula is C7H12N4O2S2. The molecule has 0 aromatic carbocycles. The number of hydrogen-bond donors (Lipinski definition) is 3. The molecule has 0 spiro atoms. The van der Waals surface area contributed by atoms with Crippen LogP contribution >= 0.6 is 12.2 Å². The number of nitrogens with two attached hydrogens (primary N) is 1. The molecular weight excluding hydrogens is 236 g/mol. The number of nitrogens with zero attached hydrogens (tertiary/aromatic N) is 1. The summed E-state index contributed by atoms with van der Waals surface area (Å²) in [7, 11) is -3.50. The summed E-state index contributed by atoms with van der Waals surface area (Å²) in [5.74, 6) is -0.179. The Labute approximate surface area is 93.3 Å². The zero-order valence-electron chi connectivity index (χ0n) is 8.10. The average molecular weight is 248 g/mol. The van der Waals surface area contributed by atoms with Gasteiger partial charge < -0.3 is 5.73 Å². The molecule has 0 aliphatic heterocycles. The SMILES string of the molecule is CC(CNS(=O)(=O)c1cn[nH]c1)C(N)=S. The van der Waals surface area contributed by atoms with Gasteiger partial charge in [-0.25, -0.2) is 13.1 Å². The number of nitrogens with one attached hydrogen (secondary N) is 2. The van der Waals surface area contributed by atoms with Gasteiger partial charge in [-0.2, -0.15) is 5.10 Å². The Balaban J connectivity index is 2.63. The van der Waals surface area contributed by atoms with E-state index in [2.05, 4.69) is 14.9 Å². The van der Waals surface area contributed by atoms with Crippen LogP contribution in [0.1, 0.15) is 6.92 Å². The second-order valence-electron chi connectivity index (χ2n) is 3.09. The number of thiocarbonyl (C=S) groups is 1. The van der Waals surface area contributed by atoms with E-state index in [1.165, 1.54) is 12.4 Å². The maximum Gasteiger partial charge on any atom is 0.243 e. The van der Waals surface area contributed by atoms with Gasteiger partial charge in [0.1, 0.15) is 4.90 Å². The predicted octanol–water partition coefficient (Wildman–Crippen LogP) is -0.390. The minimum atomic E-state index is -3.50. The van der Waals surface area contributed by atoms with Crippen molar-refractivity contribution in [3.8, 4) is 0 Å². The first-order valence-corrected chi connectivity index (χ1v) is 6.10. The molecule has 1 rings (SSSR count). The van der Waals surface area contributed by atoms with E-state index in [1.54, 1.807) is 6.92 Å². The molecule has 0 saturated carbocycles. The van der Waals surface area contributed by atoms with Crippen molar-refractivity contribution in [1.29, 1.82) is 0 Å². The van der Waals surface area contributed by atoms with Gasteiger partial charge in [-0.1, -0.05) is 19.1 Å². The molecule has 6 nitrogen and oxygen atoms in total. The fourth-order valence-corrected chi connectivity index (χ4v) is 1.92. The van der Waals surface area contributed by atoms with E-state index in [0.717, 1.165) is 0 Å². The third kappa shape index (κ3) is 3.26. The lowest BCUT2D eigenvalue weighted by molar-refractivity contribution is 0.575. The van der Waals surface area contributed by atoms with Crippen LogP contribution in [0.2, 0.25) is 0 Å². The van der Waals surface area contributed by atoms with Crippen LogP contribution < -0.4 is 10.5 Å². The van der Waals surface area contributed by atoms with E-state index in [9.17, 15) is 8.42 Å². The summed E-state index contributed by atoms with van der Waals surface area (Å²) in [6, 6.07) is 0. The zero-order valence-corrected chi connectivity index (χ0v) is 9.73. The molecule has 1 heterocycles. The molecule has 1 atom stereocenters. The van der Waals surface area contributed by atoms with E-state index in [4.69, 9.17) is 18.0 Å². The summed E-state index contributed by atoms with van der Waals surface area (Å²) >= 11 is 4.73. The van der Waals surface area contributed by atoms with Crippen molar-refractivity contribution in [2.75, 3.05) is 6.54 Å². The summed E-state index contributed by atoms with van der Waals surface area (Å²) in [5.41, 5.74) is 5.36. The van der Waals surface area contributed by atoms with E-state index >= 15 is 0 Å². The van der Waals surface area contributed by atoms with E-state index < -0.39 is 10.0 Å². The fourth-order valence-electron chi connectivity index (χ4n) is 0.805. The van der Waals surface area contributed by atoms with Crippen molar-refractivity contribution in [2.24, 2.45) is 11.7 Å². The van der Waals surface area contributed by atoms with Crippen molar-refractivity contribution in [3.05, 3.63) is 12.4 Å². The van der Waals surface area contributed by atoms with Gasteiger partial charge in [-0.05, 0) is 0 Å². The highest BCUT2D eigenvalue weighted by molar-refractivity contribution is 7.89. The van der Waals surface area contributed by atoms with Gasteiger partial charge in [0.25, 0.3) is 0 Å². The standard InChI is InChI=1S/C7H12N4O2S2/c1-5(7(8)14)2-11-15(12,13)6-3-9-10-4-6/h3-5,11H,2H2,1H3,(H2,8,14)(H,9,10). The predicted molar refractivity (Wildman–Crippen MR) is 59.7 cm³/mol. The molecule has 1 unspecified atom stereocenters. The van der Waals surface area contributed by atoms with Crippen molar-refractivity contribution in [1.82, 2.24) is 14.9 Å². The lowest BCUT2D eigenvalue weighted by Gasteiger charge is -2.10. The van der Waals surface area contributed by atoms with Gasteiger partial charge in [-0.3, -0.25) is 5.10 Å². The number of sulfonamides is 1. The number of aromatic amines is 1. The van der Waals surface area contributed by atoms with Crippen LogP contribution in [-0.4, -0.2) is 30.1 Å². The first-order chi connectivity index (χ1) is 6.93. The number of aromatic nitrogens is 2. The molecule has 0 fully saturated rings. The molecule has 0 amide bonds. The molecule has 0 radical (unpaired) electrons. The van der Waals surface area contributed by atoms with Crippen LogP contribution in [0.25, 0.3) is 0 Å². The van der Waals surface area contributed by atoms with Gasteiger partial charge >= 0.3 is 0 Å². The Morgan fingerprint density at radius 1 is 1.80 bits per heavy atom. The molecule has 0 bridgehead atoms. The largest absolute Gasteiger partial charge is 0.393 e. The fraction of sp³-hybridized carbons (Fsp3) is 0.429. The molecule has 1 aromatic heterocycles. The van der Waals surface area contributed by atoms with Crippen molar-refractivity contribution < 1.29 is 8.42 Å². The van der Waals surface area contributed by atoms with Gasteiger partial charge in [-0.15, -0.1) is 0 Å². The molecule has 0 aliphatic carbocycles. The van der Waals surface area contributed by atoms with Crippen LogP contribution in [0.3, 0.4) is 0 Å². The maximum atomic E-state index is 11.6. The second kappa shape index (κ2) is 4.69. The van der Waals surface area contributed by atoms with E-state index in [-0.39, 0.29) is 22.3 Å². The van der Waals surface area contributed by atoms with Gasteiger partial charge in [0.15, 0.2) is 0 Å². The maximum absolute atomic E-state index is 11.6. The molecule has 8 heteroatoms. The van der Waals surface area contributed by atoms with Gasteiger partial charge in [0.2, 0.25) is 10.0 Å². The summed E-state index contributed by atoms with van der Waals surface area (Å²) in [4.78, 5) is 0.377. The van der Waals surface area contributed by atoms with Crippen LogP contribution in [0.5, 0.6) is 0 Å². The average Bonchev–Trinajstić information content (AvgIpc) is 2.67.